The van der Waals surface area contributed by atoms with Crippen molar-refractivity contribution in [3.05, 3.63) is 77.9 Å². The number of rotatable bonds is 7. The van der Waals surface area contributed by atoms with Gasteiger partial charge in [-0.1, -0.05) is 48.5 Å². The van der Waals surface area contributed by atoms with E-state index in [4.69, 9.17) is 4.74 Å². The van der Waals surface area contributed by atoms with Gasteiger partial charge in [-0.2, -0.15) is 12.6 Å². The normalized spacial score (nSPS) is 20.0. The molecule has 4 rings (SSSR count). The molecule has 0 radical (unpaired) electrons. The van der Waals surface area contributed by atoms with Gasteiger partial charge in [0.25, 0.3) is 0 Å². The number of fused-ring (bicyclic) bond motifs is 1. The van der Waals surface area contributed by atoms with E-state index in [1.165, 1.54) is 18.2 Å². The van der Waals surface area contributed by atoms with E-state index < -0.39 is 21.2 Å². The van der Waals surface area contributed by atoms with E-state index in [-0.39, 0.29) is 33.9 Å². The summed E-state index contributed by atoms with van der Waals surface area (Å²) in [6.45, 7) is 0.841. The first kappa shape index (κ1) is 21.8. The van der Waals surface area contributed by atoms with Crippen LogP contribution in [0.3, 0.4) is 0 Å². The van der Waals surface area contributed by atoms with Gasteiger partial charge in [-0.25, -0.2) is 13.2 Å². The maximum absolute atomic E-state index is 13.7. The molecule has 3 aromatic carbocycles. The zero-order valence-corrected chi connectivity index (χ0v) is 18.4. The summed E-state index contributed by atoms with van der Waals surface area (Å²) in [5, 5.41) is 14.8. The summed E-state index contributed by atoms with van der Waals surface area (Å²) in [5.74, 6) is -1.20. The Balaban J connectivity index is 1.75. The van der Waals surface area contributed by atoms with Gasteiger partial charge in [-0.15, -0.1) is 0 Å². The monoisotopic (exact) mass is 457 g/mol. The molecule has 0 amide bonds. The summed E-state index contributed by atoms with van der Waals surface area (Å²) in [7, 11) is -4.04. The van der Waals surface area contributed by atoms with Gasteiger partial charge in [-0.05, 0) is 35.4 Å². The van der Waals surface area contributed by atoms with Crippen LogP contribution in [0.25, 0.3) is 10.8 Å². The summed E-state index contributed by atoms with van der Waals surface area (Å²) >= 11 is 4.44. The van der Waals surface area contributed by atoms with Crippen molar-refractivity contribution in [1.82, 2.24) is 5.32 Å². The number of thiol groups is 1. The number of benzene rings is 3. The third-order valence-corrected chi connectivity index (χ3v) is 7.68. The largest absolute Gasteiger partial charge is 0.478 e. The van der Waals surface area contributed by atoms with Gasteiger partial charge in [0.05, 0.1) is 17.1 Å². The van der Waals surface area contributed by atoms with Gasteiger partial charge < -0.3 is 15.2 Å². The van der Waals surface area contributed by atoms with Crippen LogP contribution in [0.1, 0.15) is 27.8 Å². The van der Waals surface area contributed by atoms with Crippen LogP contribution in [0.2, 0.25) is 0 Å². The lowest BCUT2D eigenvalue weighted by Gasteiger charge is -2.22. The van der Waals surface area contributed by atoms with E-state index in [0.29, 0.717) is 6.54 Å². The molecular weight excluding hydrogens is 434 g/mol. The van der Waals surface area contributed by atoms with Crippen LogP contribution in [0, 0.1) is 0 Å². The highest BCUT2D eigenvalue weighted by molar-refractivity contribution is 7.91. The smallest absolute Gasteiger partial charge is 0.336 e. The first-order valence-electron chi connectivity index (χ1n) is 9.94. The lowest BCUT2D eigenvalue weighted by molar-refractivity contribution is 0.0676. The zero-order chi connectivity index (χ0) is 22.0. The number of ether oxygens (including phenoxy) is 1. The van der Waals surface area contributed by atoms with Crippen LogP contribution in [0.4, 0.5) is 0 Å². The molecule has 1 aliphatic rings. The molecule has 1 fully saturated rings. The first-order chi connectivity index (χ1) is 14.9. The fourth-order valence-corrected chi connectivity index (χ4v) is 5.79. The van der Waals surface area contributed by atoms with Crippen LogP contribution in [-0.4, -0.2) is 43.9 Å². The van der Waals surface area contributed by atoms with E-state index in [2.05, 4.69) is 17.9 Å². The van der Waals surface area contributed by atoms with Crippen LogP contribution in [0.5, 0.6) is 0 Å². The van der Waals surface area contributed by atoms with E-state index in [1.54, 1.807) is 24.3 Å². The van der Waals surface area contributed by atoms with Crippen molar-refractivity contribution < 1.29 is 23.1 Å². The van der Waals surface area contributed by atoms with Crippen LogP contribution < -0.4 is 5.32 Å². The van der Waals surface area contributed by atoms with Crippen LogP contribution >= 0.6 is 12.6 Å². The molecule has 0 aromatic heterocycles. The van der Waals surface area contributed by atoms with Gasteiger partial charge in [0, 0.05) is 23.4 Å². The second-order valence-corrected chi connectivity index (χ2v) is 10.3. The summed E-state index contributed by atoms with van der Waals surface area (Å²) in [4.78, 5) is 11.9. The quantitative estimate of drug-likeness (QED) is 0.469. The van der Waals surface area contributed by atoms with E-state index >= 15 is 0 Å². The van der Waals surface area contributed by atoms with Crippen molar-refractivity contribution in [1.29, 1.82) is 0 Å². The van der Waals surface area contributed by atoms with Gasteiger partial charge >= 0.3 is 5.97 Å². The summed E-state index contributed by atoms with van der Waals surface area (Å²) in [6.07, 6.45) is 0.742. The Bertz CT molecular complexity index is 1210. The molecular formula is C23H23NO5S2. The molecule has 3 unspecified atom stereocenters. The summed E-state index contributed by atoms with van der Waals surface area (Å²) in [6, 6.07) is 18.4. The van der Waals surface area contributed by atoms with Gasteiger partial charge in [0.15, 0.2) is 5.44 Å². The maximum atomic E-state index is 13.7. The van der Waals surface area contributed by atoms with Crippen LogP contribution in [-0.2, 0) is 14.6 Å². The Kier molecular flexibility index (Phi) is 6.34. The predicted molar refractivity (Wildman–Crippen MR) is 122 cm³/mol. The number of carboxylic acids is 1. The fraction of sp³-hybridized carbons (Fsp3) is 0.261. The number of sulfone groups is 1. The second-order valence-electron chi connectivity index (χ2n) is 7.61. The molecule has 1 heterocycles. The molecule has 0 saturated carbocycles. The van der Waals surface area contributed by atoms with Crippen molar-refractivity contribution in [3.8, 4) is 0 Å². The Hall–Kier alpha value is -2.39. The number of nitrogens with one attached hydrogen (secondary N) is 1. The molecule has 1 saturated heterocycles. The number of carboxylic acid groups (broad SMARTS) is 1. The Morgan fingerprint density at radius 2 is 1.81 bits per heavy atom. The summed E-state index contributed by atoms with van der Waals surface area (Å²) in [5.41, 5.74) is -1.42. The maximum Gasteiger partial charge on any atom is 0.336 e. The number of hydrogen-bond acceptors (Lipinski definition) is 6. The molecule has 0 spiro atoms. The molecule has 3 atom stereocenters. The van der Waals surface area contributed by atoms with Crippen molar-refractivity contribution in [3.63, 3.8) is 0 Å². The number of hydrogen-bond donors (Lipinski definition) is 3. The third kappa shape index (κ3) is 4.62. The van der Waals surface area contributed by atoms with Crippen molar-refractivity contribution in [2.75, 3.05) is 13.2 Å². The molecule has 0 aliphatic carbocycles. The predicted octanol–water partition coefficient (Wildman–Crippen LogP) is 3.69. The molecule has 8 heteroatoms. The number of aromatic carboxylic acids is 1. The van der Waals surface area contributed by atoms with Gasteiger partial charge in [0.2, 0.25) is 9.84 Å². The first-order valence-corrected chi connectivity index (χ1v) is 12.0. The number of carbonyl (C=O) groups is 1. The molecule has 0 bridgehead atoms. The van der Waals surface area contributed by atoms with Gasteiger partial charge in [0.1, 0.15) is 0 Å². The Morgan fingerprint density at radius 3 is 2.52 bits per heavy atom. The minimum absolute atomic E-state index is 0.0474. The molecule has 162 valence electrons. The van der Waals surface area contributed by atoms with Crippen molar-refractivity contribution >= 4 is 39.2 Å². The topological polar surface area (TPSA) is 92.7 Å². The average molecular weight is 458 g/mol. The summed E-state index contributed by atoms with van der Waals surface area (Å²) < 4.78 is 33.3. The lowest BCUT2D eigenvalue weighted by atomic mass is 10.1. The molecule has 1 aliphatic heterocycles. The highest BCUT2D eigenvalue weighted by Crippen LogP contribution is 2.34. The van der Waals surface area contributed by atoms with Crippen LogP contribution in [0.15, 0.2) is 71.6 Å². The SMILES string of the molecule is O=C(O)c1ccccc1C(OCC1CC(S)CN1)S(=O)(=O)c1ccc2ccccc2c1. The highest BCUT2D eigenvalue weighted by atomic mass is 32.2. The molecule has 2 N–H and O–H groups in total. The molecule has 6 nitrogen and oxygen atoms in total. The molecule has 3 aromatic rings. The Labute approximate surface area is 186 Å². The zero-order valence-electron chi connectivity index (χ0n) is 16.6. The standard InChI is InChI=1S/C23H23NO5S2/c25-22(26)20-7-3-4-8-21(20)23(29-14-17-12-18(30)13-24-17)31(27,28)19-10-9-15-5-1-2-6-16(15)11-19/h1-11,17-18,23-24,30H,12-14H2,(H,25,26). The van der Waals surface area contributed by atoms with Crippen molar-refractivity contribution in [2.45, 2.75) is 28.0 Å². The average Bonchev–Trinajstić information content (AvgIpc) is 3.18. The minimum atomic E-state index is -4.04. The molecule has 31 heavy (non-hydrogen) atoms. The van der Waals surface area contributed by atoms with E-state index in [9.17, 15) is 18.3 Å². The highest BCUT2D eigenvalue weighted by Gasteiger charge is 2.34. The lowest BCUT2D eigenvalue weighted by Crippen LogP contribution is -2.30. The van der Waals surface area contributed by atoms with E-state index in [1.807, 2.05) is 24.3 Å². The third-order valence-electron chi connectivity index (χ3n) is 5.42. The Morgan fingerprint density at radius 1 is 1.10 bits per heavy atom. The minimum Gasteiger partial charge on any atom is -0.478 e. The van der Waals surface area contributed by atoms with E-state index in [0.717, 1.165) is 17.2 Å². The van der Waals surface area contributed by atoms with Gasteiger partial charge in [-0.3, -0.25) is 0 Å². The second kappa shape index (κ2) is 9.00. The van der Waals surface area contributed by atoms with Crippen molar-refractivity contribution in [2.24, 2.45) is 0 Å². The fourth-order valence-electron chi connectivity index (χ4n) is 3.84.